The Balaban J connectivity index is 1.05. The van der Waals surface area contributed by atoms with E-state index in [2.05, 4.69) is 244 Å². The number of aliphatic imine (C=N–C) groups is 2. The molecule has 2 heterocycles. The summed E-state index contributed by atoms with van der Waals surface area (Å²) in [5.74, 6) is 1.19. The monoisotopic (exact) mass is 866 g/mol. The van der Waals surface area contributed by atoms with Crippen LogP contribution in [-0.4, -0.2) is 23.9 Å². The van der Waals surface area contributed by atoms with Gasteiger partial charge < -0.3 is 9.47 Å². The lowest BCUT2D eigenvalue weighted by atomic mass is 9.77. The summed E-state index contributed by atoms with van der Waals surface area (Å²) in [6, 6.07) is 82.0. The summed E-state index contributed by atoms with van der Waals surface area (Å²) >= 11 is 0. The van der Waals surface area contributed by atoms with Crippen LogP contribution >= 0.6 is 0 Å². The molecule has 0 saturated heterocycles. The van der Waals surface area contributed by atoms with Crippen LogP contribution in [0.5, 0.6) is 0 Å². The van der Waals surface area contributed by atoms with Crippen LogP contribution in [0.15, 0.2) is 241 Å². The lowest BCUT2D eigenvalue weighted by Gasteiger charge is -2.38. The molecule has 2 aliphatic heterocycles. The standard InChI is InChI=1S/C63H50N2O2/c1-61(2,59-64-57(37-43-17-5-3-6-18-43)62(66-59,53-33-29-45-21-9-13-25-49(45)39-53)54-34-30-46-22-10-14-26-50(46)40-54)60-65-58(38-44-19-7-4-8-20-44)63(67-60,55-35-31-47-23-11-15-27-51(47)41-55)56-36-32-48-24-12-16-28-52(48)42-56/h3-36,39-42,57-58H,37-38H2,1-2H3/t57-,58-/m0/s1. The van der Waals surface area contributed by atoms with E-state index in [1.165, 1.54) is 32.7 Å². The summed E-state index contributed by atoms with van der Waals surface area (Å²) < 4.78 is 15.6. The number of nitrogens with zero attached hydrogens (tertiary/aromatic N) is 2. The summed E-state index contributed by atoms with van der Waals surface area (Å²) in [6.07, 6.45) is 1.31. The summed E-state index contributed by atoms with van der Waals surface area (Å²) in [7, 11) is 0. The molecule has 0 bridgehead atoms. The molecule has 0 aliphatic carbocycles. The lowest BCUT2D eigenvalue weighted by molar-refractivity contribution is 0.0736. The van der Waals surface area contributed by atoms with E-state index in [-0.39, 0.29) is 12.1 Å². The summed E-state index contributed by atoms with van der Waals surface area (Å²) in [5, 5.41) is 9.31. The molecule has 0 amide bonds. The third kappa shape index (κ3) is 6.98. The van der Waals surface area contributed by atoms with Gasteiger partial charge in [0.05, 0.1) is 0 Å². The Morgan fingerprint density at radius 2 is 0.612 bits per heavy atom. The first-order valence-electron chi connectivity index (χ1n) is 23.5. The molecular weight excluding hydrogens is 817 g/mol. The molecule has 0 fully saturated rings. The average Bonchev–Trinajstić information content (AvgIpc) is 3.97. The number of benzene rings is 10. The van der Waals surface area contributed by atoms with Gasteiger partial charge in [-0.05, 0) is 105 Å². The lowest BCUT2D eigenvalue weighted by Crippen LogP contribution is -2.44. The minimum atomic E-state index is -0.993. The molecular formula is C63H50N2O2. The molecule has 2 aliphatic rings. The molecule has 0 aromatic heterocycles. The maximum Gasteiger partial charge on any atom is 0.200 e. The first-order chi connectivity index (χ1) is 32.9. The largest absolute Gasteiger partial charge is 0.462 e. The highest BCUT2D eigenvalue weighted by Gasteiger charge is 2.58. The van der Waals surface area contributed by atoms with E-state index in [4.69, 9.17) is 19.5 Å². The molecule has 67 heavy (non-hydrogen) atoms. The van der Waals surface area contributed by atoms with E-state index >= 15 is 0 Å². The van der Waals surface area contributed by atoms with Crippen LogP contribution in [-0.2, 0) is 33.5 Å². The van der Waals surface area contributed by atoms with Gasteiger partial charge in [0.1, 0.15) is 17.5 Å². The SMILES string of the molecule is CC(C)(C1=N[C@@H](Cc2ccccc2)C(c2ccc3ccccc3c2)(c2ccc3ccccc3c2)O1)C1=N[C@@H](Cc2ccccc2)C(c2ccc3ccccc3c2)(c2ccc3ccccc3c2)O1. The van der Waals surface area contributed by atoms with Crippen LogP contribution in [0.1, 0.15) is 47.2 Å². The summed E-state index contributed by atoms with van der Waals surface area (Å²) in [6.45, 7) is 4.36. The second kappa shape index (κ2) is 16.3. The predicted molar refractivity (Wildman–Crippen MR) is 276 cm³/mol. The van der Waals surface area contributed by atoms with Crippen molar-refractivity contribution in [3.05, 3.63) is 264 Å². The van der Waals surface area contributed by atoms with Crippen molar-refractivity contribution >= 4 is 54.9 Å². The van der Waals surface area contributed by atoms with E-state index in [0.29, 0.717) is 24.6 Å². The Labute approximate surface area is 391 Å². The molecule has 2 atom stereocenters. The molecule has 0 radical (unpaired) electrons. The topological polar surface area (TPSA) is 43.2 Å². The van der Waals surface area contributed by atoms with Crippen LogP contribution in [0.2, 0.25) is 0 Å². The summed E-state index contributed by atoms with van der Waals surface area (Å²) in [4.78, 5) is 11.6. The smallest absolute Gasteiger partial charge is 0.200 e. The molecule has 324 valence electrons. The van der Waals surface area contributed by atoms with E-state index in [9.17, 15) is 0 Å². The molecule has 0 N–H and O–H groups in total. The average molecular weight is 867 g/mol. The zero-order chi connectivity index (χ0) is 45.0. The van der Waals surface area contributed by atoms with Crippen molar-refractivity contribution in [3.63, 3.8) is 0 Å². The maximum atomic E-state index is 7.82. The second-order valence-corrected chi connectivity index (χ2v) is 18.8. The molecule has 10 aromatic carbocycles. The zero-order valence-electron chi connectivity index (χ0n) is 37.7. The Bertz CT molecular complexity index is 3150. The molecule has 0 unspecified atom stereocenters. The van der Waals surface area contributed by atoms with Crippen LogP contribution in [0.3, 0.4) is 0 Å². The molecule has 4 nitrogen and oxygen atoms in total. The molecule has 12 rings (SSSR count). The van der Waals surface area contributed by atoms with Crippen molar-refractivity contribution in [1.29, 1.82) is 0 Å². The van der Waals surface area contributed by atoms with Crippen LogP contribution < -0.4 is 0 Å². The van der Waals surface area contributed by atoms with Crippen LogP contribution in [0, 0.1) is 5.41 Å². The number of rotatable bonds is 10. The number of ether oxygens (including phenoxy) is 2. The van der Waals surface area contributed by atoms with Gasteiger partial charge in [0.2, 0.25) is 11.8 Å². The number of fused-ring (bicyclic) bond motifs is 4. The van der Waals surface area contributed by atoms with E-state index in [0.717, 1.165) is 43.8 Å². The second-order valence-electron chi connectivity index (χ2n) is 18.8. The fourth-order valence-electron chi connectivity index (χ4n) is 10.7. The van der Waals surface area contributed by atoms with Gasteiger partial charge in [-0.25, -0.2) is 9.98 Å². The van der Waals surface area contributed by atoms with Crippen molar-refractivity contribution < 1.29 is 9.47 Å². The fraction of sp³-hybridized carbons (Fsp3) is 0.143. The van der Waals surface area contributed by atoms with Crippen molar-refractivity contribution in [2.45, 2.75) is 50.0 Å². The van der Waals surface area contributed by atoms with Crippen LogP contribution in [0.25, 0.3) is 43.1 Å². The minimum Gasteiger partial charge on any atom is -0.462 e. The van der Waals surface area contributed by atoms with Gasteiger partial charge in [-0.3, -0.25) is 0 Å². The molecule has 10 aromatic rings. The Kier molecular flexibility index (Phi) is 9.87. The summed E-state index contributed by atoms with van der Waals surface area (Å²) in [5.41, 5.74) is 3.69. The van der Waals surface area contributed by atoms with E-state index < -0.39 is 16.6 Å². The van der Waals surface area contributed by atoms with Gasteiger partial charge in [0, 0.05) is 22.3 Å². The Hall–Kier alpha value is -7.82. The molecule has 0 spiro atoms. The van der Waals surface area contributed by atoms with Gasteiger partial charge >= 0.3 is 0 Å². The van der Waals surface area contributed by atoms with Crippen molar-refractivity contribution in [2.75, 3.05) is 0 Å². The van der Waals surface area contributed by atoms with Crippen molar-refractivity contribution in [1.82, 2.24) is 0 Å². The Morgan fingerprint density at radius 3 is 0.910 bits per heavy atom. The van der Waals surface area contributed by atoms with Gasteiger partial charge in [0.25, 0.3) is 0 Å². The zero-order valence-corrected chi connectivity index (χ0v) is 37.7. The van der Waals surface area contributed by atoms with Crippen molar-refractivity contribution in [3.8, 4) is 0 Å². The third-order valence-corrected chi connectivity index (χ3v) is 14.3. The fourth-order valence-corrected chi connectivity index (χ4v) is 10.7. The van der Waals surface area contributed by atoms with Gasteiger partial charge in [-0.1, -0.05) is 206 Å². The van der Waals surface area contributed by atoms with E-state index in [1.807, 2.05) is 0 Å². The highest BCUT2D eigenvalue weighted by Crippen LogP contribution is 2.52. The van der Waals surface area contributed by atoms with E-state index in [1.54, 1.807) is 0 Å². The number of hydrogen-bond donors (Lipinski definition) is 0. The molecule has 0 saturated carbocycles. The quantitative estimate of drug-likeness (QED) is 0.137. The van der Waals surface area contributed by atoms with Crippen molar-refractivity contribution in [2.24, 2.45) is 15.4 Å². The van der Waals surface area contributed by atoms with Gasteiger partial charge in [0.15, 0.2) is 11.2 Å². The minimum absolute atomic E-state index is 0.334. The molecule has 4 heteroatoms. The van der Waals surface area contributed by atoms with Gasteiger partial charge in [-0.2, -0.15) is 0 Å². The highest BCUT2D eigenvalue weighted by molar-refractivity contribution is 6.07. The highest BCUT2D eigenvalue weighted by atomic mass is 16.5. The number of hydrogen-bond acceptors (Lipinski definition) is 4. The van der Waals surface area contributed by atoms with Gasteiger partial charge in [-0.15, -0.1) is 0 Å². The third-order valence-electron chi connectivity index (χ3n) is 14.3. The maximum absolute atomic E-state index is 7.82. The Morgan fingerprint density at radius 1 is 0.343 bits per heavy atom. The first-order valence-corrected chi connectivity index (χ1v) is 23.5. The normalized spacial score (nSPS) is 17.6. The first kappa shape index (κ1) is 40.7. The van der Waals surface area contributed by atoms with Crippen LogP contribution in [0.4, 0.5) is 0 Å². The predicted octanol–water partition coefficient (Wildman–Crippen LogP) is 14.6.